The van der Waals surface area contributed by atoms with Crippen LogP contribution in [0.2, 0.25) is 0 Å². The lowest BCUT2D eigenvalue weighted by atomic mass is 10.1. The number of fused-ring (bicyclic) bond motifs is 1. The second kappa shape index (κ2) is 6.18. The molecule has 3 rings (SSSR count). The van der Waals surface area contributed by atoms with Gasteiger partial charge in [-0.3, -0.25) is 4.79 Å². The summed E-state index contributed by atoms with van der Waals surface area (Å²) in [6, 6.07) is 10.6. The summed E-state index contributed by atoms with van der Waals surface area (Å²) in [7, 11) is 0. The third-order valence-corrected chi connectivity index (χ3v) is 3.84. The van der Waals surface area contributed by atoms with Crippen LogP contribution in [0.5, 0.6) is 5.75 Å². The molecule has 0 aliphatic heterocycles. The summed E-state index contributed by atoms with van der Waals surface area (Å²) in [4.78, 5) is 11.9. The van der Waals surface area contributed by atoms with E-state index < -0.39 is 5.82 Å². The summed E-state index contributed by atoms with van der Waals surface area (Å²) in [5, 5.41) is 2.52. The quantitative estimate of drug-likeness (QED) is 0.936. The molecule has 0 aromatic heterocycles. The van der Waals surface area contributed by atoms with E-state index in [4.69, 9.17) is 4.74 Å². The zero-order valence-corrected chi connectivity index (χ0v) is 12.5. The Balaban J connectivity index is 1.58. The third-order valence-electron chi connectivity index (χ3n) is 3.84. The Morgan fingerprint density at radius 1 is 1.18 bits per heavy atom. The minimum Gasteiger partial charge on any atom is -0.484 e. The summed E-state index contributed by atoms with van der Waals surface area (Å²) in [5.41, 5.74) is 3.64. The maximum atomic E-state index is 13.7. The van der Waals surface area contributed by atoms with Crippen LogP contribution >= 0.6 is 0 Å². The highest BCUT2D eigenvalue weighted by Gasteiger charge is 2.12. The highest BCUT2D eigenvalue weighted by molar-refractivity contribution is 5.92. The zero-order valence-electron chi connectivity index (χ0n) is 12.5. The van der Waals surface area contributed by atoms with Gasteiger partial charge in [-0.1, -0.05) is 12.1 Å². The predicted octanol–water partition coefficient (Wildman–Crippen LogP) is 3.64. The number of halogens is 1. The number of amides is 1. The highest BCUT2D eigenvalue weighted by Crippen LogP contribution is 2.26. The van der Waals surface area contributed by atoms with E-state index in [1.54, 1.807) is 19.1 Å². The monoisotopic (exact) mass is 299 g/mol. The van der Waals surface area contributed by atoms with E-state index in [9.17, 15) is 9.18 Å². The van der Waals surface area contributed by atoms with Gasteiger partial charge in [0.1, 0.15) is 11.6 Å². The molecule has 2 aromatic carbocycles. The molecule has 0 unspecified atom stereocenters. The number of carbonyl (C=O) groups is 1. The zero-order chi connectivity index (χ0) is 15.5. The second-order valence-corrected chi connectivity index (χ2v) is 5.60. The van der Waals surface area contributed by atoms with Gasteiger partial charge >= 0.3 is 0 Å². The van der Waals surface area contributed by atoms with Crippen molar-refractivity contribution in [3.8, 4) is 5.75 Å². The van der Waals surface area contributed by atoms with Crippen molar-refractivity contribution < 1.29 is 13.9 Å². The lowest BCUT2D eigenvalue weighted by Crippen LogP contribution is -2.20. The average molecular weight is 299 g/mol. The van der Waals surface area contributed by atoms with Crippen LogP contribution in [0.4, 0.5) is 10.1 Å². The largest absolute Gasteiger partial charge is 0.484 e. The number of hydrogen-bond acceptors (Lipinski definition) is 2. The second-order valence-electron chi connectivity index (χ2n) is 5.60. The maximum absolute atomic E-state index is 13.7. The molecule has 0 saturated heterocycles. The van der Waals surface area contributed by atoms with Crippen molar-refractivity contribution in [1.29, 1.82) is 0 Å². The fourth-order valence-electron chi connectivity index (χ4n) is 2.69. The van der Waals surface area contributed by atoms with Crippen molar-refractivity contribution in [3.05, 3.63) is 58.9 Å². The summed E-state index contributed by atoms with van der Waals surface area (Å²) >= 11 is 0. The van der Waals surface area contributed by atoms with Gasteiger partial charge in [0.05, 0.1) is 5.69 Å². The van der Waals surface area contributed by atoms with Gasteiger partial charge in [-0.05, 0) is 67.1 Å². The average Bonchev–Trinajstić information content (AvgIpc) is 2.95. The van der Waals surface area contributed by atoms with Crippen LogP contribution in [0.15, 0.2) is 36.4 Å². The normalized spacial score (nSPS) is 12.8. The lowest BCUT2D eigenvalue weighted by molar-refractivity contribution is -0.118. The highest BCUT2D eigenvalue weighted by atomic mass is 19.1. The number of aryl methyl sites for hydroxylation is 3. The van der Waals surface area contributed by atoms with Crippen LogP contribution < -0.4 is 10.1 Å². The molecule has 0 radical (unpaired) electrons. The van der Waals surface area contributed by atoms with Crippen molar-refractivity contribution in [1.82, 2.24) is 0 Å². The van der Waals surface area contributed by atoms with E-state index in [1.807, 2.05) is 12.1 Å². The van der Waals surface area contributed by atoms with Gasteiger partial charge in [0, 0.05) is 0 Å². The van der Waals surface area contributed by atoms with Gasteiger partial charge in [-0.25, -0.2) is 4.39 Å². The van der Waals surface area contributed by atoms with E-state index in [-0.39, 0.29) is 18.2 Å². The van der Waals surface area contributed by atoms with Gasteiger partial charge < -0.3 is 10.1 Å². The van der Waals surface area contributed by atoms with Crippen LogP contribution in [-0.4, -0.2) is 12.5 Å². The van der Waals surface area contributed by atoms with E-state index in [2.05, 4.69) is 11.4 Å². The van der Waals surface area contributed by atoms with E-state index in [1.165, 1.54) is 23.6 Å². The Morgan fingerprint density at radius 3 is 2.82 bits per heavy atom. The van der Waals surface area contributed by atoms with Crippen molar-refractivity contribution in [2.24, 2.45) is 0 Å². The fraction of sp³-hybridized carbons (Fsp3) is 0.278. The Labute approximate surface area is 129 Å². The number of rotatable bonds is 4. The van der Waals surface area contributed by atoms with Gasteiger partial charge in [-0.2, -0.15) is 0 Å². The summed E-state index contributed by atoms with van der Waals surface area (Å²) in [5.74, 6) is -0.130. The van der Waals surface area contributed by atoms with Crippen molar-refractivity contribution in [3.63, 3.8) is 0 Å². The number of hydrogen-bond donors (Lipinski definition) is 1. The fourth-order valence-corrected chi connectivity index (χ4v) is 2.69. The van der Waals surface area contributed by atoms with Crippen molar-refractivity contribution in [2.75, 3.05) is 11.9 Å². The molecule has 0 heterocycles. The van der Waals surface area contributed by atoms with E-state index in [0.29, 0.717) is 5.75 Å². The molecule has 3 nitrogen and oxygen atoms in total. The molecule has 22 heavy (non-hydrogen) atoms. The molecule has 0 atom stereocenters. The number of nitrogens with one attached hydrogen (secondary N) is 1. The van der Waals surface area contributed by atoms with Crippen LogP contribution in [-0.2, 0) is 17.6 Å². The van der Waals surface area contributed by atoms with Crippen molar-refractivity contribution in [2.45, 2.75) is 26.2 Å². The first-order valence-corrected chi connectivity index (χ1v) is 7.42. The molecule has 0 spiro atoms. The summed E-state index contributed by atoms with van der Waals surface area (Å²) in [6.45, 7) is 1.66. The van der Waals surface area contributed by atoms with Crippen LogP contribution in [0.25, 0.3) is 0 Å². The lowest BCUT2D eigenvalue weighted by Gasteiger charge is -2.09. The summed E-state index contributed by atoms with van der Waals surface area (Å²) < 4.78 is 19.2. The molecule has 1 amide bonds. The van der Waals surface area contributed by atoms with Gasteiger partial charge in [0.15, 0.2) is 6.61 Å². The SMILES string of the molecule is Cc1ccc(NC(=O)COc2ccc3c(c2)CCC3)c(F)c1. The topological polar surface area (TPSA) is 38.3 Å². The van der Waals surface area contributed by atoms with Crippen LogP contribution in [0.1, 0.15) is 23.1 Å². The van der Waals surface area contributed by atoms with Crippen molar-refractivity contribution >= 4 is 11.6 Å². The molecular formula is C18H18FNO2. The standard InChI is InChI=1S/C18H18FNO2/c1-12-5-8-17(16(19)9-12)20-18(21)11-22-15-7-6-13-3-2-4-14(13)10-15/h5-10H,2-4,11H2,1H3,(H,20,21). The Hall–Kier alpha value is -2.36. The molecule has 0 saturated carbocycles. The molecule has 4 heteroatoms. The van der Waals surface area contributed by atoms with Gasteiger partial charge in [0.25, 0.3) is 5.91 Å². The molecule has 1 aliphatic carbocycles. The van der Waals surface area contributed by atoms with Gasteiger partial charge in [-0.15, -0.1) is 0 Å². The predicted molar refractivity (Wildman–Crippen MR) is 83.7 cm³/mol. The minimum absolute atomic E-state index is 0.133. The van der Waals surface area contributed by atoms with Crippen LogP contribution in [0, 0.1) is 12.7 Å². The molecule has 114 valence electrons. The Kier molecular flexibility index (Phi) is 4.09. The summed E-state index contributed by atoms with van der Waals surface area (Å²) in [6.07, 6.45) is 3.35. The first kappa shape index (κ1) is 14.6. The molecule has 2 aromatic rings. The molecule has 1 aliphatic rings. The molecule has 1 N–H and O–H groups in total. The molecular weight excluding hydrogens is 281 g/mol. The Morgan fingerprint density at radius 2 is 2.00 bits per heavy atom. The number of benzene rings is 2. The van der Waals surface area contributed by atoms with E-state index in [0.717, 1.165) is 18.4 Å². The first-order valence-electron chi connectivity index (χ1n) is 7.42. The first-order chi connectivity index (χ1) is 10.6. The van der Waals surface area contributed by atoms with Gasteiger partial charge in [0.2, 0.25) is 0 Å². The molecule has 0 bridgehead atoms. The number of anilines is 1. The maximum Gasteiger partial charge on any atom is 0.262 e. The molecule has 0 fully saturated rings. The Bertz CT molecular complexity index is 712. The van der Waals surface area contributed by atoms with E-state index >= 15 is 0 Å². The minimum atomic E-state index is -0.439. The van der Waals surface area contributed by atoms with Crippen LogP contribution in [0.3, 0.4) is 0 Å². The number of carbonyl (C=O) groups excluding carboxylic acids is 1. The third kappa shape index (κ3) is 3.27. The smallest absolute Gasteiger partial charge is 0.262 e. The number of ether oxygens (including phenoxy) is 1.